The van der Waals surface area contributed by atoms with Gasteiger partial charge >= 0.3 is 0 Å². The maximum absolute atomic E-state index is 11.1. The third-order valence-electron chi connectivity index (χ3n) is 2.30. The van der Waals surface area contributed by atoms with E-state index in [-0.39, 0.29) is 17.5 Å². The van der Waals surface area contributed by atoms with Crippen LogP contribution in [0.15, 0.2) is 30.4 Å². The lowest BCUT2D eigenvalue weighted by atomic mass is 10.3. The van der Waals surface area contributed by atoms with Crippen molar-refractivity contribution < 1.29 is 14.5 Å². The number of nitro groups is 1. The number of amides is 2. The molecule has 0 N–H and O–H groups in total. The molecular formula is C11H11ClN4O4. The Kier molecular flexibility index (Phi) is 5.60. The average Bonchev–Trinajstić information content (AvgIpc) is 2.43. The van der Waals surface area contributed by atoms with E-state index < -0.39 is 4.92 Å². The molecular weight excluding hydrogens is 288 g/mol. The lowest BCUT2D eigenvalue weighted by Crippen LogP contribution is -2.32. The van der Waals surface area contributed by atoms with Gasteiger partial charge in [0.1, 0.15) is 5.15 Å². The molecule has 20 heavy (non-hydrogen) atoms. The van der Waals surface area contributed by atoms with Crippen LogP contribution < -0.4 is 0 Å². The average molecular weight is 299 g/mol. The number of hydrogen-bond acceptors (Lipinski definition) is 5. The van der Waals surface area contributed by atoms with Crippen molar-refractivity contribution in [2.45, 2.75) is 6.54 Å². The molecule has 0 bridgehead atoms. The van der Waals surface area contributed by atoms with Gasteiger partial charge in [-0.1, -0.05) is 17.7 Å². The number of halogens is 1. The highest BCUT2D eigenvalue weighted by Crippen LogP contribution is 2.12. The fourth-order valence-electron chi connectivity index (χ4n) is 1.39. The molecule has 1 heterocycles. The van der Waals surface area contributed by atoms with Crippen LogP contribution in [0.2, 0.25) is 5.15 Å². The van der Waals surface area contributed by atoms with E-state index in [9.17, 15) is 19.7 Å². The molecule has 0 atom stereocenters. The Bertz CT molecular complexity index is 532. The first kappa shape index (κ1) is 15.6. The highest BCUT2D eigenvalue weighted by Gasteiger charge is 2.17. The lowest BCUT2D eigenvalue weighted by Gasteiger charge is -2.23. The summed E-state index contributed by atoms with van der Waals surface area (Å²) in [4.78, 5) is 37.4. The van der Waals surface area contributed by atoms with Gasteiger partial charge in [0.15, 0.2) is 5.82 Å². The van der Waals surface area contributed by atoms with Crippen LogP contribution in [0, 0.1) is 10.1 Å². The summed E-state index contributed by atoms with van der Waals surface area (Å²) < 4.78 is 0. The summed E-state index contributed by atoms with van der Waals surface area (Å²) in [5.74, 6) is -0.157. The molecule has 9 heteroatoms. The minimum atomic E-state index is -0.744. The van der Waals surface area contributed by atoms with E-state index in [4.69, 9.17) is 11.6 Å². The summed E-state index contributed by atoms with van der Waals surface area (Å²) in [6.45, 7) is 0.0194. The minimum Gasteiger partial charge on any atom is -0.299 e. The Balaban J connectivity index is 3.02. The third kappa shape index (κ3) is 4.32. The number of aromatic nitrogens is 1. The number of hydrogen-bond donors (Lipinski definition) is 0. The van der Waals surface area contributed by atoms with Crippen molar-refractivity contribution in [3.05, 3.63) is 51.2 Å². The van der Waals surface area contributed by atoms with Gasteiger partial charge < -0.3 is 0 Å². The molecule has 0 saturated carbocycles. The molecule has 0 spiro atoms. The molecule has 0 aliphatic rings. The molecule has 106 valence electrons. The van der Waals surface area contributed by atoms with Crippen molar-refractivity contribution in [1.29, 1.82) is 0 Å². The Labute approximate surface area is 119 Å². The van der Waals surface area contributed by atoms with Crippen LogP contribution >= 0.6 is 11.6 Å². The number of pyridine rings is 1. The Morgan fingerprint density at radius 3 is 2.60 bits per heavy atom. The van der Waals surface area contributed by atoms with Gasteiger partial charge in [0, 0.05) is 13.2 Å². The molecule has 1 aromatic heterocycles. The molecule has 0 aliphatic heterocycles. The van der Waals surface area contributed by atoms with E-state index >= 15 is 0 Å². The van der Waals surface area contributed by atoms with Gasteiger partial charge in [-0.3, -0.25) is 29.5 Å². The normalized spacial score (nSPS) is 10.8. The van der Waals surface area contributed by atoms with E-state index in [2.05, 4.69) is 4.98 Å². The van der Waals surface area contributed by atoms with Crippen LogP contribution in [0.4, 0.5) is 0 Å². The van der Waals surface area contributed by atoms with Crippen molar-refractivity contribution >= 4 is 24.4 Å². The lowest BCUT2D eigenvalue weighted by molar-refractivity contribution is -0.405. The zero-order valence-corrected chi connectivity index (χ0v) is 11.2. The minimum absolute atomic E-state index is 0.0194. The zero-order valence-electron chi connectivity index (χ0n) is 10.5. The predicted octanol–water partition coefficient (Wildman–Crippen LogP) is 0.857. The van der Waals surface area contributed by atoms with Crippen molar-refractivity contribution in [3.63, 3.8) is 0 Å². The fourth-order valence-corrected chi connectivity index (χ4v) is 1.50. The van der Waals surface area contributed by atoms with Crippen LogP contribution in [0.5, 0.6) is 0 Å². The zero-order chi connectivity index (χ0) is 15.1. The summed E-state index contributed by atoms with van der Waals surface area (Å²) >= 11 is 5.64. The van der Waals surface area contributed by atoms with Gasteiger partial charge in [-0.2, -0.15) is 0 Å². The number of carbonyl (C=O) groups excluding carboxylic acids is 2. The first-order valence-corrected chi connectivity index (χ1v) is 5.71. The molecule has 0 radical (unpaired) electrons. The molecule has 0 unspecified atom stereocenters. The first-order valence-electron chi connectivity index (χ1n) is 5.33. The Morgan fingerprint density at radius 2 is 2.15 bits per heavy atom. The molecule has 0 fully saturated rings. The maximum atomic E-state index is 11.1. The van der Waals surface area contributed by atoms with Crippen LogP contribution in [-0.2, 0) is 16.1 Å². The van der Waals surface area contributed by atoms with Gasteiger partial charge in [-0.05, 0) is 11.6 Å². The Morgan fingerprint density at radius 1 is 1.45 bits per heavy atom. The summed E-state index contributed by atoms with van der Waals surface area (Å²) in [6, 6.07) is 3.15. The second kappa shape index (κ2) is 7.19. The predicted molar refractivity (Wildman–Crippen MR) is 69.8 cm³/mol. The highest BCUT2D eigenvalue weighted by atomic mass is 35.5. The monoisotopic (exact) mass is 298 g/mol. The molecule has 0 saturated heterocycles. The second-order valence-corrected chi connectivity index (χ2v) is 4.10. The number of rotatable bonds is 7. The number of carbonyl (C=O) groups is 2. The quantitative estimate of drug-likeness (QED) is 0.322. The van der Waals surface area contributed by atoms with Crippen molar-refractivity contribution in [1.82, 2.24) is 14.8 Å². The molecule has 2 amide bonds. The summed E-state index contributed by atoms with van der Waals surface area (Å²) in [6.07, 6.45) is 2.77. The molecule has 0 aromatic carbocycles. The van der Waals surface area contributed by atoms with E-state index in [0.717, 1.165) is 9.80 Å². The highest BCUT2D eigenvalue weighted by molar-refractivity contribution is 6.29. The topological polar surface area (TPSA) is 96.6 Å². The van der Waals surface area contributed by atoms with Crippen LogP contribution in [0.3, 0.4) is 0 Å². The maximum Gasteiger partial charge on any atom is 0.275 e. The van der Waals surface area contributed by atoms with Crippen LogP contribution in [0.25, 0.3) is 0 Å². The molecule has 1 aromatic rings. The van der Waals surface area contributed by atoms with Crippen molar-refractivity contribution in [2.24, 2.45) is 0 Å². The van der Waals surface area contributed by atoms with Crippen molar-refractivity contribution in [2.75, 3.05) is 7.05 Å². The van der Waals surface area contributed by atoms with Crippen LogP contribution in [0.1, 0.15) is 5.56 Å². The second-order valence-electron chi connectivity index (χ2n) is 3.71. The van der Waals surface area contributed by atoms with Gasteiger partial charge in [-0.15, -0.1) is 0 Å². The van der Waals surface area contributed by atoms with E-state index in [1.165, 1.54) is 19.3 Å². The van der Waals surface area contributed by atoms with Crippen LogP contribution in [-0.4, -0.2) is 39.6 Å². The van der Waals surface area contributed by atoms with Crippen molar-refractivity contribution in [3.8, 4) is 0 Å². The van der Waals surface area contributed by atoms with Gasteiger partial charge in [0.25, 0.3) is 6.20 Å². The summed E-state index contributed by atoms with van der Waals surface area (Å²) in [7, 11) is 1.30. The molecule has 8 nitrogen and oxygen atoms in total. The third-order valence-corrected chi connectivity index (χ3v) is 2.53. The van der Waals surface area contributed by atoms with E-state index in [0.29, 0.717) is 24.6 Å². The van der Waals surface area contributed by atoms with E-state index in [1.807, 2.05) is 0 Å². The SMILES string of the molecule is CN(C=O)C(=C[N+](=O)[O-])N(C=O)Cc1ccc(Cl)nc1. The smallest absolute Gasteiger partial charge is 0.275 e. The molecule has 1 rings (SSSR count). The Hall–Kier alpha value is -2.48. The van der Waals surface area contributed by atoms with E-state index in [1.54, 1.807) is 6.07 Å². The van der Waals surface area contributed by atoms with Gasteiger partial charge in [0.05, 0.1) is 11.5 Å². The molecule has 0 aliphatic carbocycles. The standard InChI is InChI=1S/C11H11ClN4O4/c1-14(7-17)11(6-16(19)20)15(8-18)5-9-2-3-10(12)13-4-9/h2-4,6-8H,5H2,1H3. The van der Waals surface area contributed by atoms with Gasteiger partial charge in [-0.25, -0.2) is 4.98 Å². The summed E-state index contributed by atoms with van der Waals surface area (Å²) in [5, 5.41) is 10.9. The van der Waals surface area contributed by atoms with Gasteiger partial charge in [0.2, 0.25) is 12.8 Å². The largest absolute Gasteiger partial charge is 0.299 e. The number of nitrogens with zero attached hydrogens (tertiary/aromatic N) is 4. The fraction of sp³-hybridized carbons (Fsp3) is 0.182. The summed E-state index contributed by atoms with van der Waals surface area (Å²) in [5.41, 5.74) is 0.607. The first-order chi connectivity index (χ1) is 9.47.